The van der Waals surface area contributed by atoms with Crippen molar-refractivity contribution >= 4 is 16.9 Å². The minimum Gasteiger partial charge on any atom is -0.508 e. The molecule has 5 nitrogen and oxygen atoms in total. The van der Waals surface area contributed by atoms with Crippen molar-refractivity contribution in [2.75, 3.05) is 24.5 Å². The summed E-state index contributed by atoms with van der Waals surface area (Å²) in [6.07, 6.45) is 7.02. The highest BCUT2D eigenvalue weighted by molar-refractivity contribution is 5.81. The number of phenolic OH excluding ortho intramolecular Hbond substituents is 1. The van der Waals surface area contributed by atoms with Gasteiger partial charge in [0.1, 0.15) is 11.3 Å². The Morgan fingerprint density at radius 2 is 1.96 bits per heavy atom. The van der Waals surface area contributed by atoms with Crippen LogP contribution in [0.1, 0.15) is 37.7 Å². The quantitative estimate of drug-likeness (QED) is 0.776. The highest BCUT2D eigenvalue weighted by Crippen LogP contribution is 2.47. The summed E-state index contributed by atoms with van der Waals surface area (Å²) in [5, 5.41) is 10.3. The Kier molecular flexibility index (Phi) is 3.40. The summed E-state index contributed by atoms with van der Waals surface area (Å²) in [6.45, 7) is 3.55. The van der Waals surface area contributed by atoms with Crippen LogP contribution in [0.2, 0.25) is 0 Å². The standard InChI is InChI=1S/C22H26N2O3/c25-14-5-8-19-17(11-14)21(26)16-6-7-18-15-4-2-10-23-9-1-3-13(20(15)23)12-24(18)22(16)27-19/h5,8,11,13,15,18,20,25H,1-4,6-7,9-10,12H2/t13-,15+,18+,20-/m0/s1. The van der Waals surface area contributed by atoms with Gasteiger partial charge in [-0.25, -0.2) is 0 Å². The van der Waals surface area contributed by atoms with E-state index in [0.717, 1.165) is 36.9 Å². The van der Waals surface area contributed by atoms with Crippen LogP contribution in [0.15, 0.2) is 27.4 Å². The normalized spacial score (nSPS) is 32.7. The molecule has 0 amide bonds. The summed E-state index contributed by atoms with van der Waals surface area (Å²) >= 11 is 0. The summed E-state index contributed by atoms with van der Waals surface area (Å²) in [6, 6.07) is 6.10. The van der Waals surface area contributed by atoms with E-state index in [4.69, 9.17) is 4.42 Å². The highest BCUT2D eigenvalue weighted by atomic mass is 16.4. The van der Waals surface area contributed by atoms with E-state index < -0.39 is 0 Å². The Labute approximate surface area is 158 Å². The second kappa shape index (κ2) is 5.74. The van der Waals surface area contributed by atoms with E-state index in [0.29, 0.717) is 28.8 Å². The lowest BCUT2D eigenvalue weighted by Gasteiger charge is -2.58. The molecule has 0 aliphatic carbocycles. The number of piperidine rings is 3. The Morgan fingerprint density at radius 1 is 1.11 bits per heavy atom. The highest BCUT2D eigenvalue weighted by Gasteiger charge is 2.50. The summed E-state index contributed by atoms with van der Waals surface area (Å²) < 4.78 is 6.31. The van der Waals surface area contributed by atoms with Crippen molar-refractivity contribution in [2.24, 2.45) is 11.8 Å². The maximum atomic E-state index is 13.1. The molecule has 2 aromatic rings. The van der Waals surface area contributed by atoms with Crippen LogP contribution in [0, 0.1) is 11.8 Å². The van der Waals surface area contributed by atoms with Gasteiger partial charge in [-0.15, -0.1) is 0 Å². The van der Waals surface area contributed by atoms with Crippen LogP contribution in [0.5, 0.6) is 5.75 Å². The van der Waals surface area contributed by atoms with Gasteiger partial charge in [0.25, 0.3) is 0 Å². The molecule has 1 aromatic heterocycles. The molecule has 0 radical (unpaired) electrons. The second-order valence-electron chi connectivity index (χ2n) is 8.89. The van der Waals surface area contributed by atoms with Gasteiger partial charge in [-0.1, -0.05) is 0 Å². The van der Waals surface area contributed by atoms with Gasteiger partial charge in [-0.05, 0) is 81.6 Å². The SMILES string of the molecule is O=c1c2c(oc3ccc(O)cc13)N1C[C@@H]3CCCN4CCC[C@@H]([C@H]34)[C@H]1CC2. The van der Waals surface area contributed by atoms with Crippen molar-refractivity contribution in [3.8, 4) is 5.75 Å². The third-order valence-corrected chi connectivity index (χ3v) is 7.57. The Morgan fingerprint density at radius 3 is 2.85 bits per heavy atom. The molecule has 0 spiro atoms. The fourth-order valence-electron chi connectivity index (χ4n) is 6.55. The molecule has 3 saturated heterocycles. The summed E-state index contributed by atoms with van der Waals surface area (Å²) in [5.41, 5.74) is 1.44. The monoisotopic (exact) mass is 366 g/mol. The predicted molar refractivity (Wildman–Crippen MR) is 104 cm³/mol. The molecular formula is C22H26N2O3. The summed E-state index contributed by atoms with van der Waals surface area (Å²) in [4.78, 5) is 18.3. The van der Waals surface area contributed by atoms with Crippen LogP contribution < -0.4 is 10.3 Å². The van der Waals surface area contributed by atoms with Gasteiger partial charge in [-0.2, -0.15) is 0 Å². The van der Waals surface area contributed by atoms with Gasteiger partial charge >= 0.3 is 0 Å². The number of anilines is 1. The van der Waals surface area contributed by atoms with Crippen molar-refractivity contribution in [1.29, 1.82) is 0 Å². The Balaban J connectivity index is 1.48. The number of hydrogen-bond donors (Lipinski definition) is 1. The first-order chi connectivity index (χ1) is 13.2. The minimum absolute atomic E-state index is 0.0386. The number of rotatable bonds is 0. The number of hydrogen-bond acceptors (Lipinski definition) is 5. The van der Waals surface area contributed by atoms with Crippen LogP contribution in [0.25, 0.3) is 11.0 Å². The first-order valence-corrected chi connectivity index (χ1v) is 10.5. The molecule has 5 heterocycles. The molecule has 142 valence electrons. The van der Waals surface area contributed by atoms with Gasteiger partial charge in [-0.3, -0.25) is 9.69 Å². The van der Waals surface area contributed by atoms with Crippen molar-refractivity contribution in [3.63, 3.8) is 0 Å². The van der Waals surface area contributed by atoms with Gasteiger partial charge in [0.05, 0.1) is 10.9 Å². The summed E-state index contributed by atoms with van der Waals surface area (Å²) in [5.74, 6) is 2.32. The molecule has 27 heavy (non-hydrogen) atoms. The first kappa shape index (κ1) is 16.0. The van der Waals surface area contributed by atoms with E-state index >= 15 is 0 Å². The second-order valence-corrected chi connectivity index (χ2v) is 8.89. The zero-order chi connectivity index (χ0) is 18.1. The maximum absolute atomic E-state index is 13.1. The van der Waals surface area contributed by atoms with Crippen LogP contribution >= 0.6 is 0 Å². The van der Waals surface area contributed by atoms with Gasteiger partial charge < -0.3 is 14.4 Å². The Bertz CT molecular complexity index is 966. The van der Waals surface area contributed by atoms with Crippen molar-refractivity contribution in [2.45, 2.75) is 50.6 Å². The zero-order valence-electron chi connectivity index (χ0n) is 15.6. The van der Waals surface area contributed by atoms with Crippen molar-refractivity contribution in [1.82, 2.24) is 4.90 Å². The molecule has 4 atom stereocenters. The fraction of sp³-hybridized carbons (Fsp3) is 0.591. The minimum atomic E-state index is 0.0386. The van der Waals surface area contributed by atoms with E-state index in [2.05, 4.69) is 9.80 Å². The van der Waals surface area contributed by atoms with Crippen LogP contribution in [-0.2, 0) is 6.42 Å². The largest absolute Gasteiger partial charge is 0.508 e. The molecule has 0 unspecified atom stereocenters. The van der Waals surface area contributed by atoms with Crippen LogP contribution in [0.3, 0.4) is 0 Å². The molecule has 0 saturated carbocycles. The predicted octanol–water partition coefficient (Wildman–Crippen LogP) is 3.12. The van der Waals surface area contributed by atoms with Crippen molar-refractivity contribution < 1.29 is 9.52 Å². The fourth-order valence-corrected chi connectivity index (χ4v) is 6.55. The Hall–Kier alpha value is -2.01. The maximum Gasteiger partial charge on any atom is 0.203 e. The number of aromatic hydroxyl groups is 1. The lowest BCUT2D eigenvalue weighted by molar-refractivity contribution is -0.0152. The molecule has 5 heteroatoms. The van der Waals surface area contributed by atoms with Crippen LogP contribution in [0.4, 0.5) is 5.88 Å². The van der Waals surface area contributed by atoms with E-state index in [1.807, 2.05) is 0 Å². The summed E-state index contributed by atoms with van der Waals surface area (Å²) in [7, 11) is 0. The van der Waals surface area contributed by atoms with E-state index in [1.165, 1.54) is 38.8 Å². The molecule has 1 N–H and O–H groups in total. The molecule has 3 fully saturated rings. The topological polar surface area (TPSA) is 56.9 Å². The van der Waals surface area contributed by atoms with Gasteiger partial charge in [0.2, 0.25) is 5.88 Å². The molecule has 0 bridgehead atoms. The number of fused-ring (bicyclic) bond motifs is 5. The van der Waals surface area contributed by atoms with Gasteiger partial charge in [0.15, 0.2) is 5.43 Å². The van der Waals surface area contributed by atoms with Gasteiger partial charge in [0, 0.05) is 18.6 Å². The average Bonchev–Trinajstić information content (AvgIpc) is 2.69. The number of benzene rings is 1. The van der Waals surface area contributed by atoms with E-state index in [9.17, 15) is 9.90 Å². The molecule has 1 aromatic carbocycles. The average molecular weight is 366 g/mol. The number of nitrogens with zero attached hydrogens (tertiary/aromatic N) is 2. The zero-order valence-corrected chi connectivity index (χ0v) is 15.6. The van der Waals surface area contributed by atoms with Crippen LogP contribution in [-0.4, -0.2) is 41.7 Å². The third-order valence-electron chi connectivity index (χ3n) is 7.57. The molecular weight excluding hydrogens is 340 g/mol. The lowest BCUT2D eigenvalue weighted by atomic mass is 9.68. The van der Waals surface area contributed by atoms with Crippen molar-refractivity contribution in [3.05, 3.63) is 34.0 Å². The first-order valence-electron chi connectivity index (χ1n) is 10.5. The smallest absolute Gasteiger partial charge is 0.203 e. The third kappa shape index (κ3) is 2.24. The molecule has 4 aliphatic rings. The number of phenols is 1. The van der Waals surface area contributed by atoms with E-state index in [1.54, 1.807) is 18.2 Å². The molecule has 6 rings (SSSR count). The molecule has 4 aliphatic heterocycles. The lowest BCUT2D eigenvalue weighted by Crippen LogP contribution is -2.65. The van der Waals surface area contributed by atoms with E-state index in [-0.39, 0.29) is 11.2 Å².